The molecule has 2 aromatic rings. The van der Waals surface area contributed by atoms with Crippen LogP contribution in [0.3, 0.4) is 0 Å². The van der Waals surface area contributed by atoms with Gasteiger partial charge < -0.3 is 9.64 Å². The van der Waals surface area contributed by atoms with Gasteiger partial charge in [-0.2, -0.15) is 5.10 Å². The van der Waals surface area contributed by atoms with Crippen LogP contribution in [0.15, 0.2) is 30.6 Å². The first-order valence-electron chi connectivity index (χ1n) is 8.91. The summed E-state index contributed by atoms with van der Waals surface area (Å²) < 4.78 is 7.64. The molecule has 1 fully saturated rings. The Morgan fingerprint density at radius 2 is 2.16 bits per heavy atom. The van der Waals surface area contributed by atoms with E-state index in [1.807, 2.05) is 41.6 Å². The van der Waals surface area contributed by atoms with Crippen molar-refractivity contribution in [2.45, 2.75) is 52.3 Å². The van der Waals surface area contributed by atoms with Crippen molar-refractivity contribution >= 4 is 5.91 Å². The zero-order valence-electron chi connectivity index (χ0n) is 15.0. The van der Waals surface area contributed by atoms with E-state index < -0.39 is 0 Å². The molecule has 0 N–H and O–H groups in total. The number of rotatable bonds is 7. The van der Waals surface area contributed by atoms with Crippen molar-refractivity contribution in [1.82, 2.24) is 19.7 Å². The minimum absolute atomic E-state index is 0.139. The molecule has 0 bridgehead atoms. The number of nitrogens with zero attached hydrogens (tertiary/aromatic N) is 4. The quantitative estimate of drug-likeness (QED) is 0.776. The Morgan fingerprint density at radius 3 is 2.80 bits per heavy atom. The molecule has 0 aromatic carbocycles. The second-order valence-electron chi connectivity index (χ2n) is 6.66. The fourth-order valence-electron chi connectivity index (χ4n) is 3.26. The van der Waals surface area contributed by atoms with E-state index in [-0.39, 0.29) is 12.0 Å². The number of hydrogen-bond acceptors (Lipinski definition) is 4. The average Bonchev–Trinajstić information content (AvgIpc) is 3.22. The Hall–Kier alpha value is -2.21. The second-order valence-corrected chi connectivity index (χ2v) is 6.66. The maximum absolute atomic E-state index is 12.8. The number of carbonyl (C=O) groups is 1. The van der Waals surface area contributed by atoms with Gasteiger partial charge in [-0.25, -0.2) is 0 Å². The van der Waals surface area contributed by atoms with Crippen LogP contribution in [0.25, 0.3) is 0 Å². The van der Waals surface area contributed by atoms with Gasteiger partial charge in [-0.15, -0.1) is 0 Å². The molecule has 1 atom stereocenters. The van der Waals surface area contributed by atoms with E-state index in [1.54, 1.807) is 12.4 Å². The summed E-state index contributed by atoms with van der Waals surface area (Å²) in [5.41, 5.74) is 3.16. The van der Waals surface area contributed by atoms with Gasteiger partial charge in [0.25, 0.3) is 0 Å². The summed E-state index contributed by atoms with van der Waals surface area (Å²) in [5.74, 6) is 0.139. The Bertz CT molecular complexity index is 693. The zero-order valence-corrected chi connectivity index (χ0v) is 15.0. The molecule has 0 saturated carbocycles. The predicted octanol–water partition coefficient (Wildman–Crippen LogP) is 2.49. The minimum atomic E-state index is 0.139. The van der Waals surface area contributed by atoms with Crippen molar-refractivity contribution in [1.29, 1.82) is 0 Å². The van der Waals surface area contributed by atoms with Crippen molar-refractivity contribution in [3.8, 4) is 0 Å². The summed E-state index contributed by atoms with van der Waals surface area (Å²) in [7, 11) is 0. The van der Waals surface area contributed by atoms with E-state index in [9.17, 15) is 4.79 Å². The van der Waals surface area contributed by atoms with Crippen LogP contribution in [0.2, 0.25) is 0 Å². The molecule has 0 radical (unpaired) electrons. The third-order valence-electron chi connectivity index (χ3n) is 4.56. The standard InChI is InChI=1S/C19H26N4O2/c1-15-12-16(2)23(21-15)10-7-19(24)22(14-18-4-3-11-25-18)13-17-5-8-20-9-6-17/h5-6,8-9,12,18H,3-4,7,10-11,13-14H2,1-2H3/t18-/m1/s1. The van der Waals surface area contributed by atoms with E-state index in [1.165, 1.54) is 0 Å². The number of aryl methyl sites for hydroxylation is 3. The monoisotopic (exact) mass is 342 g/mol. The molecule has 1 amide bonds. The summed E-state index contributed by atoms with van der Waals surface area (Å²) in [4.78, 5) is 18.8. The molecule has 1 aliphatic rings. The van der Waals surface area contributed by atoms with Crippen molar-refractivity contribution in [2.75, 3.05) is 13.2 Å². The molecule has 3 rings (SSSR count). The maximum Gasteiger partial charge on any atom is 0.224 e. The highest BCUT2D eigenvalue weighted by Crippen LogP contribution is 2.16. The topological polar surface area (TPSA) is 60.2 Å². The number of pyridine rings is 1. The number of carbonyl (C=O) groups excluding carboxylic acids is 1. The third kappa shape index (κ3) is 4.89. The van der Waals surface area contributed by atoms with Gasteiger partial charge in [-0.05, 0) is 50.5 Å². The number of hydrogen-bond donors (Lipinski definition) is 0. The Kier molecular flexibility index (Phi) is 5.81. The lowest BCUT2D eigenvalue weighted by Crippen LogP contribution is -2.37. The van der Waals surface area contributed by atoms with Gasteiger partial charge in [0, 0.05) is 50.7 Å². The summed E-state index contributed by atoms with van der Waals surface area (Å²) in [5, 5.41) is 4.44. The van der Waals surface area contributed by atoms with Crippen LogP contribution in [-0.4, -0.2) is 44.8 Å². The van der Waals surface area contributed by atoms with E-state index in [0.29, 0.717) is 26.1 Å². The number of aromatic nitrogens is 3. The SMILES string of the molecule is Cc1cc(C)n(CCC(=O)N(Cc2ccncc2)C[C@H]2CCCO2)n1. The predicted molar refractivity (Wildman–Crippen MR) is 94.9 cm³/mol. The molecule has 0 spiro atoms. The van der Waals surface area contributed by atoms with Gasteiger partial charge in [0.05, 0.1) is 11.8 Å². The molecule has 6 heteroatoms. The number of ether oxygens (including phenoxy) is 1. The van der Waals surface area contributed by atoms with Crippen LogP contribution in [0, 0.1) is 13.8 Å². The Balaban J connectivity index is 1.64. The average molecular weight is 342 g/mol. The van der Waals surface area contributed by atoms with Crippen molar-refractivity contribution in [3.05, 3.63) is 47.5 Å². The summed E-state index contributed by atoms with van der Waals surface area (Å²) in [6.45, 7) is 6.64. The summed E-state index contributed by atoms with van der Waals surface area (Å²) in [6.07, 6.45) is 6.23. The summed E-state index contributed by atoms with van der Waals surface area (Å²) in [6, 6.07) is 5.94. The van der Waals surface area contributed by atoms with Crippen molar-refractivity contribution in [3.63, 3.8) is 0 Å². The minimum Gasteiger partial charge on any atom is -0.376 e. The highest BCUT2D eigenvalue weighted by Gasteiger charge is 2.22. The van der Waals surface area contributed by atoms with Gasteiger partial charge in [-0.3, -0.25) is 14.5 Å². The van der Waals surface area contributed by atoms with E-state index >= 15 is 0 Å². The van der Waals surface area contributed by atoms with Crippen LogP contribution in [0.5, 0.6) is 0 Å². The van der Waals surface area contributed by atoms with E-state index in [0.717, 1.165) is 36.4 Å². The molecule has 25 heavy (non-hydrogen) atoms. The molecule has 1 aliphatic heterocycles. The summed E-state index contributed by atoms with van der Waals surface area (Å²) >= 11 is 0. The highest BCUT2D eigenvalue weighted by molar-refractivity contribution is 5.76. The molecule has 3 heterocycles. The first kappa shape index (κ1) is 17.6. The smallest absolute Gasteiger partial charge is 0.224 e. The van der Waals surface area contributed by atoms with Crippen LogP contribution in [0.4, 0.5) is 0 Å². The largest absolute Gasteiger partial charge is 0.376 e. The fourth-order valence-corrected chi connectivity index (χ4v) is 3.26. The van der Waals surface area contributed by atoms with E-state index in [4.69, 9.17) is 4.74 Å². The van der Waals surface area contributed by atoms with Crippen molar-refractivity contribution < 1.29 is 9.53 Å². The normalized spacial score (nSPS) is 17.0. The van der Waals surface area contributed by atoms with Crippen LogP contribution in [-0.2, 0) is 22.6 Å². The molecular weight excluding hydrogens is 316 g/mol. The molecule has 0 unspecified atom stereocenters. The maximum atomic E-state index is 12.8. The molecular formula is C19H26N4O2. The van der Waals surface area contributed by atoms with E-state index in [2.05, 4.69) is 10.1 Å². The van der Waals surface area contributed by atoms with Crippen LogP contribution in [0.1, 0.15) is 36.2 Å². The molecule has 6 nitrogen and oxygen atoms in total. The third-order valence-corrected chi connectivity index (χ3v) is 4.56. The fraction of sp³-hybridized carbons (Fsp3) is 0.526. The molecule has 1 saturated heterocycles. The van der Waals surface area contributed by atoms with Crippen molar-refractivity contribution in [2.24, 2.45) is 0 Å². The lowest BCUT2D eigenvalue weighted by Gasteiger charge is -2.26. The molecule has 0 aliphatic carbocycles. The van der Waals surface area contributed by atoms with Gasteiger partial charge >= 0.3 is 0 Å². The first-order valence-corrected chi connectivity index (χ1v) is 8.91. The van der Waals surface area contributed by atoms with Crippen LogP contribution < -0.4 is 0 Å². The lowest BCUT2D eigenvalue weighted by molar-refractivity contribution is -0.133. The number of amides is 1. The molecule has 134 valence electrons. The lowest BCUT2D eigenvalue weighted by atomic mass is 10.2. The highest BCUT2D eigenvalue weighted by atomic mass is 16.5. The second kappa shape index (κ2) is 8.25. The van der Waals surface area contributed by atoms with Gasteiger partial charge in [0.15, 0.2) is 0 Å². The molecule has 2 aromatic heterocycles. The van der Waals surface area contributed by atoms with Gasteiger partial charge in [0.1, 0.15) is 0 Å². The zero-order chi connectivity index (χ0) is 17.6. The Morgan fingerprint density at radius 1 is 1.36 bits per heavy atom. The van der Waals surface area contributed by atoms with Gasteiger partial charge in [-0.1, -0.05) is 0 Å². The first-order chi connectivity index (χ1) is 12.1. The van der Waals surface area contributed by atoms with Crippen LogP contribution >= 0.6 is 0 Å². The van der Waals surface area contributed by atoms with Gasteiger partial charge in [0.2, 0.25) is 5.91 Å². The Labute approximate surface area is 148 Å².